The molecule has 1 N–H and O–H groups in total. The van der Waals surface area contributed by atoms with Gasteiger partial charge in [0, 0.05) is 37.9 Å². The average Bonchev–Trinajstić information content (AvgIpc) is 2.53. The molecule has 0 radical (unpaired) electrons. The second kappa shape index (κ2) is 8.39. The summed E-state index contributed by atoms with van der Waals surface area (Å²) in [6.07, 6.45) is 1.82. The fraction of sp³-hybridized carbons (Fsp3) is 0.353. The van der Waals surface area contributed by atoms with Crippen LogP contribution in [0.3, 0.4) is 0 Å². The maximum Gasteiger partial charge on any atom is 0.123 e. The highest BCUT2D eigenvalue weighted by Crippen LogP contribution is 2.18. The molecule has 0 saturated heterocycles. The van der Waals surface area contributed by atoms with Gasteiger partial charge in [0.15, 0.2) is 0 Å². The quantitative estimate of drug-likeness (QED) is 0.755. The molecule has 4 nitrogen and oxygen atoms in total. The number of pyridine rings is 1. The number of hydrogen-bond donors (Lipinski definition) is 1. The molecule has 1 aromatic heterocycles. The van der Waals surface area contributed by atoms with E-state index in [9.17, 15) is 0 Å². The van der Waals surface area contributed by atoms with Crippen molar-refractivity contribution in [1.82, 2.24) is 15.2 Å². The lowest BCUT2D eigenvalue weighted by Gasteiger charge is -2.18. The molecular weight excluding hydrogens is 262 g/mol. The van der Waals surface area contributed by atoms with Gasteiger partial charge >= 0.3 is 0 Å². The van der Waals surface area contributed by atoms with Gasteiger partial charge in [-0.2, -0.15) is 0 Å². The van der Waals surface area contributed by atoms with Crippen molar-refractivity contribution in [3.05, 3.63) is 59.9 Å². The van der Waals surface area contributed by atoms with Gasteiger partial charge in [-0.05, 0) is 25.2 Å². The van der Waals surface area contributed by atoms with E-state index in [-0.39, 0.29) is 0 Å². The first kappa shape index (κ1) is 15.5. The highest BCUT2D eigenvalue weighted by Gasteiger charge is 2.05. The molecular formula is C17H23N3O. The van der Waals surface area contributed by atoms with Crippen LogP contribution in [0.1, 0.15) is 11.3 Å². The normalized spacial score (nSPS) is 10.8. The Balaban J connectivity index is 1.71. The molecule has 0 bridgehead atoms. The summed E-state index contributed by atoms with van der Waals surface area (Å²) in [4.78, 5) is 6.57. The Kier molecular flexibility index (Phi) is 6.19. The second-order valence-corrected chi connectivity index (χ2v) is 5.05. The number of likely N-dealkylation sites (N-methyl/N-ethyl adjacent to an activating group) is 1. The predicted molar refractivity (Wildman–Crippen MR) is 85.3 cm³/mol. The molecule has 0 saturated carbocycles. The highest BCUT2D eigenvalue weighted by molar-refractivity contribution is 5.32. The minimum absolute atomic E-state index is 0.809. The molecule has 0 fully saturated rings. The monoisotopic (exact) mass is 285 g/mol. The minimum atomic E-state index is 0.809. The maximum atomic E-state index is 5.38. The first-order chi connectivity index (χ1) is 10.3. The smallest absolute Gasteiger partial charge is 0.123 e. The first-order valence-electron chi connectivity index (χ1n) is 7.20. The molecule has 2 aromatic rings. The van der Waals surface area contributed by atoms with E-state index in [1.807, 2.05) is 42.6 Å². The van der Waals surface area contributed by atoms with Gasteiger partial charge in [0.2, 0.25) is 0 Å². The lowest BCUT2D eigenvalue weighted by Crippen LogP contribution is -2.29. The number of nitrogens with one attached hydrogen (secondary N) is 1. The number of benzene rings is 1. The summed E-state index contributed by atoms with van der Waals surface area (Å²) in [5, 5.41) is 3.41. The van der Waals surface area contributed by atoms with E-state index >= 15 is 0 Å². The van der Waals surface area contributed by atoms with Gasteiger partial charge < -0.3 is 15.0 Å². The average molecular weight is 285 g/mol. The van der Waals surface area contributed by atoms with Crippen LogP contribution in [0, 0.1) is 0 Å². The first-order valence-corrected chi connectivity index (χ1v) is 7.20. The maximum absolute atomic E-state index is 5.38. The Hall–Kier alpha value is -1.91. The molecule has 0 aliphatic carbocycles. The Labute approximate surface area is 126 Å². The van der Waals surface area contributed by atoms with E-state index in [0.29, 0.717) is 0 Å². The van der Waals surface area contributed by atoms with Crippen molar-refractivity contribution in [3.63, 3.8) is 0 Å². The number of ether oxygens (including phenoxy) is 1. The minimum Gasteiger partial charge on any atom is -0.496 e. The molecule has 0 atom stereocenters. The topological polar surface area (TPSA) is 37.4 Å². The number of rotatable bonds is 8. The standard InChI is InChI=1S/C17H23N3O/c1-20(14-15-7-3-4-9-17(15)21-2)12-11-18-13-16-8-5-6-10-19-16/h3-10,18H,11-14H2,1-2H3. The Morgan fingerprint density at radius 3 is 2.71 bits per heavy atom. The molecule has 1 aromatic carbocycles. The predicted octanol–water partition coefficient (Wildman–Crippen LogP) is 2.31. The van der Waals surface area contributed by atoms with E-state index in [1.54, 1.807) is 7.11 Å². The van der Waals surface area contributed by atoms with E-state index in [2.05, 4.69) is 28.3 Å². The van der Waals surface area contributed by atoms with Crippen molar-refractivity contribution in [1.29, 1.82) is 0 Å². The van der Waals surface area contributed by atoms with E-state index in [1.165, 1.54) is 5.56 Å². The fourth-order valence-electron chi connectivity index (χ4n) is 2.19. The van der Waals surface area contributed by atoms with Crippen LogP contribution >= 0.6 is 0 Å². The van der Waals surface area contributed by atoms with Crippen molar-refractivity contribution >= 4 is 0 Å². The number of para-hydroxylation sites is 1. The SMILES string of the molecule is COc1ccccc1CN(C)CCNCc1ccccn1. The van der Waals surface area contributed by atoms with Crippen LogP contribution in [0.15, 0.2) is 48.7 Å². The molecule has 0 aliphatic heterocycles. The van der Waals surface area contributed by atoms with Crippen LogP contribution in [-0.4, -0.2) is 37.1 Å². The van der Waals surface area contributed by atoms with Crippen LogP contribution in [0.2, 0.25) is 0 Å². The van der Waals surface area contributed by atoms with Gasteiger partial charge in [0.1, 0.15) is 5.75 Å². The van der Waals surface area contributed by atoms with Crippen LogP contribution in [0.4, 0.5) is 0 Å². The van der Waals surface area contributed by atoms with Gasteiger partial charge in [0.25, 0.3) is 0 Å². The summed E-state index contributed by atoms with van der Waals surface area (Å²) in [7, 11) is 3.84. The molecule has 0 amide bonds. The van der Waals surface area contributed by atoms with Crippen molar-refractivity contribution in [2.24, 2.45) is 0 Å². The van der Waals surface area contributed by atoms with Crippen LogP contribution in [0.5, 0.6) is 5.75 Å². The molecule has 21 heavy (non-hydrogen) atoms. The zero-order valence-corrected chi connectivity index (χ0v) is 12.7. The number of aromatic nitrogens is 1. The van der Waals surface area contributed by atoms with Crippen molar-refractivity contribution in [3.8, 4) is 5.75 Å². The van der Waals surface area contributed by atoms with Crippen molar-refractivity contribution in [2.45, 2.75) is 13.1 Å². The zero-order valence-electron chi connectivity index (χ0n) is 12.7. The number of methoxy groups -OCH3 is 1. The largest absolute Gasteiger partial charge is 0.496 e. The molecule has 0 unspecified atom stereocenters. The summed E-state index contributed by atoms with van der Waals surface area (Å²) >= 11 is 0. The summed E-state index contributed by atoms with van der Waals surface area (Å²) in [5.41, 5.74) is 2.29. The summed E-state index contributed by atoms with van der Waals surface area (Å²) in [6.45, 7) is 3.60. The van der Waals surface area contributed by atoms with Crippen LogP contribution < -0.4 is 10.1 Å². The van der Waals surface area contributed by atoms with Crippen LogP contribution in [-0.2, 0) is 13.1 Å². The van der Waals surface area contributed by atoms with E-state index < -0.39 is 0 Å². The lowest BCUT2D eigenvalue weighted by molar-refractivity contribution is 0.315. The number of hydrogen-bond acceptors (Lipinski definition) is 4. The van der Waals surface area contributed by atoms with E-state index in [0.717, 1.165) is 37.6 Å². The molecule has 2 rings (SSSR count). The van der Waals surface area contributed by atoms with Crippen molar-refractivity contribution < 1.29 is 4.74 Å². The van der Waals surface area contributed by atoms with Gasteiger partial charge in [-0.3, -0.25) is 4.98 Å². The van der Waals surface area contributed by atoms with Crippen molar-refractivity contribution in [2.75, 3.05) is 27.2 Å². The van der Waals surface area contributed by atoms with Crippen LogP contribution in [0.25, 0.3) is 0 Å². The Morgan fingerprint density at radius 1 is 1.14 bits per heavy atom. The Bertz CT molecular complexity index is 531. The molecule has 4 heteroatoms. The van der Waals surface area contributed by atoms with E-state index in [4.69, 9.17) is 4.74 Å². The summed E-state index contributed by atoms with van der Waals surface area (Å²) in [6, 6.07) is 14.1. The molecule has 0 spiro atoms. The molecule has 0 aliphatic rings. The number of nitrogens with zero attached hydrogens (tertiary/aromatic N) is 2. The summed E-state index contributed by atoms with van der Waals surface area (Å²) < 4.78 is 5.38. The molecule has 112 valence electrons. The Morgan fingerprint density at radius 2 is 1.95 bits per heavy atom. The van der Waals surface area contributed by atoms with Gasteiger partial charge in [-0.15, -0.1) is 0 Å². The zero-order chi connectivity index (χ0) is 14.9. The van der Waals surface area contributed by atoms with Gasteiger partial charge in [-0.1, -0.05) is 24.3 Å². The van der Waals surface area contributed by atoms with Gasteiger partial charge in [-0.25, -0.2) is 0 Å². The highest BCUT2D eigenvalue weighted by atomic mass is 16.5. The van der Waals surface area contributed by atoms with Gasteiger partial charge in [0.05, 0.1) is 12.8 Å². The third kappa shape index (κ3) is 5.17. The molecule has 1 heterocycles. The lowest BCUT2D eigenvalue weighted by atomic mass is 10.2. The fourth-order valence-corrected chi connectivity index (χ4v) is 2.19. The second-order valence-electron chi connectivity index (χ2n) is 5.05. The summed E-state index contributed by atoms with van der Waals surface area (Å²) in [5.74, 6) is 0.950. The third-order valence-electron chi connectivity index (χ3n) is 3.34. The third-order valence-corrected chi connectivity index (χ3v) is 3.34.